The summed E-state index contributed by atoms with van der Waals surface area (Å²) < 4.78 is 14.0. The van der Waals surface area contributed by atoms with E-state index in [1.165, 1.54) is 114 Å². The van der Waals surface area contributed by atoms with Gasteiger partial charge in [-0.3, -0.25) is 29.0 Å². The van der Waals surface area contributed by atoms with Crippen LogP contribution in [-0.2, 0) is 19.2 Å². The number of hydrogen-bond acceptors (Lipinski definition) is 13. The van der Waals surface area contributed by atoms with Crippen molar-refractivity contribution in [3.63, 3.8) is 0 Å². The second-order valence-corrected chi connectivity index (χ2v) is 28.0. The molecule has 99 heavy (non-hydrogen) atoms. The quantitative estimate of drug-likeness (QED) is 0.0906. The Morgan fingerprint density at radius 2 is 0.606 bits per heavy atom. The number of alkyl halides is 2. The van der Waals surface area contributed by atoms with Crippen molar-refractivity contribution in [2.24, 2.45) is 0 Å². The zero-order valence-electron chi connectivity index (χ0n) is 56.0. The number of rotatable bonds is 10. The third kappa shape index (κ3) is 35.1. The van der Waals surface area contributed by atoms with Crippen molar-refractivity contribution < 1.29 is 23.6 Å². The fraction of sp³-hybridized carbons (Fsp3) is 0.541. The number of piperazine rings is 4. The van der Waals surface area contributed by atoms with Gasteiger partial charge < -0.3 is 50.2 Å². The van der Waals surface area contributed by atoms with E-state index in [0.717, 1.165) is 167 Å². The zero-order chi connectivity index (χ0) is 69.4. The van der Waals surface area contributed by atoms with Gasteiger partial charge in [0.05, 0.1) is 19.0 Å². The van der Waals surface area contributed by atoms with E-state index in [1.54, 1.807) is 17.0 Å². The maximum absolute atomic E-state index is 13.0. The fourth-order valence-corrected chi connectivity index (χ4v) is 12.7. The predicted octanol–water partition coefficient (Wildman–Crippen LogP) is 14.5. The highest BCUT2D eigenvalue weighted by atomic mass is 79.9. The average Bonchev–Trinajstić information content (AvgIpc) is 1.50. The molecule has 0 saturated carbocycles. The van der Waals surface area contributed by atoms with Gasteiger partial charge in [0, 0.05) is 152 Å². The van der Waals surface area contributed by atoms with Crippen molar-refractivity contribution in [1.82, 2.24) is 40.4 Å². The lowest BCUT2D eigenvalue weighted by atomic mass is 10.1. The molecule has 16 nitrogen and oxygen atoms in total. The van der Waals surface area contributed by atoms with Gasteiger partial charge in [-0.1, -0.05) is 90.0 Å². The monoisotopic (exact) mass is 1570 g/mol. The Bertz CT molecular complexity index is 2920. The highest BCUT2D eigenvalue weighted by Gasteiger charge is 2.26. The van der Waals surface area contributed by atoms with Crippen molar-refractivity contribution >= 4 is 143 Å². The van der Waals surface area contributed by atoms with E-state index < -0.39 is 5.24 Å². The van der Waals surface area contributed by atoms with E-state index in [1.807, 2.05) is 94.7 Å². The number of nitrogens with zero attached hydrogens (tertiary/aromatic N) is 9. The average molecular weight is 1580 g/mol. The molecule has 0 aliphatic carbocycles. The van der Waals surface area contributed by atoms with E-state index in [9.17, 15) is 23.6 Å². The van der Waals surface area contributed by atoms with Crippen LogP contribution < -0.4 is 35.6 Å². The number of anilines is 4. The number of likely N-dealkylation sites (tertiary alicyclic amines) is 2. The molecule has 13 rings (SSSR count). The van der Waals surface area contributed by atoms with E-state index >= 15 is 0 Å². The summed E-state index contributed by atoms with van der Waals surface area (Å²) in [5, 5.41) is 12.4. The minimum absolute atomic E-state index is 0. The van der Waals surface area contributed by atoms with Crippen LogP contribution in [0.1, 0.15) is 79.1 Å². The van der Waals surface area contributed by atoms with Crippen LogP contribution in [0.4, 0.5) is 27.1 Å². The normalized spacial score (nSPS) is 17.6. The van der Waals surface area contributed by atoms with Gasteiger partial charge in [-0.2, -0.15) is 0 Å². The molecule has 8 aliphatic rings. The molecule has 8 fully saturated rings. The first-order valence-electron chi connectivity index (χ1n) is 34.2. The molecule has 0 aromatic heterocycles. The first-order chi connectivity index (χ1) is 47.1. The summed E-state index contributed by atoms with van der Waals surface area (Å²) in [6.45, 7) is 24.5. The summed E-state index contributed by atoms with van der Waals surface area (Å²) in [7, 11) is 0. The maximum Gasteiger partial charge on any atom is 0.237 e. The standard InChI is InChI=1S/C17H24FN3O.C16H22ClN3O.C12H14Cl2N2O.C10H13ClN2.C6H4BrCl.C5H11N.C4H9N.C2H2Cl2O.2CH4/c18-15-4-6-16(7-5-15)20-10-12-21(13-11-20)17(22)14-19-8-2-1-3-9-19;17-14-3-5-15(6-4-14)19-9-11-20(12-10-19)16(21)13-18-7-1-2-8-18;13-9-12(17)16-7-5-15(6-8-16)11-3-1-10(14)2-4-11;11-9-1-3-10(4-2-9)13-7-5-12-6-8-13;7-5-1-3-6(8)4-2-5;1-2-4-6-5-3-1;1-2-4-5-3-1;3-1-2(4)5;;/h4-7H,1-3,8-14H2;3-6H,1-2,7-13H2;1-4H,5-9H2;1-4,12H,5-8H2;1-4H;6H,1-5H2;5H,1-4H2;1H2;2*1H4. The second kappa shape index (κ2) is 50.9. The molecule has 8 heterocycles. The predicted molar refractivity (Wildman–Crippen MR) is 422 cm³/mol. The van der Waals surface area contributed by atoms with Crippen LogP contribution in [0.3, 0.4) is 0 Å². The summed E-state index contributed by atoms with van der Waals surface area (Å²) in [6.07, 6.45) is 13.2. The minimum atomic E-state index is -0.508. The van der Waals surface area contributed by atoms with Gasteiger partial charge in [-0.25, -0.2) is 4.39 Å². The number of carbonyl (C=O) groups is 4. The summed E-state index contributed by atoms with van der Waals surface area (Å²) in [6, 6.07) is 37.8. The minimum Gasteiger partial charge on any atom is -0.369 e. The van der Waals surface area contributed by atoms with Gasteiger partial charge in [0.2, 0.25) is 23.0 Å². The molecule has 5 aromatic carbocycles. The number of nitrogens with one attached hydrogen (secondary N) is 3. The number of halogens is 9. The van der Waals surface area contributed by atoms with Gasteiger partial charge in [-0.15, -0.1) is 23.2 Å². The lowest BCUT2D eigenvalue weighted by Crippen LogP contribution is -2.51. The molecule has 3 N–H and O–H groups in total. The Morgan fingerprint density at radius 1 is 0.343 bits per heavy atom. The van der Waals surface area contributed by atoms with Gasteiger partial charge >= 0.3 is 0 Å². The summed E-state index contributed by atoms with van der Waals surface area (Å²) >= 11 is 41.5. The number of benzene rings is 5. The third-order valence-corrected chi connectivity index (χ3v) is 19.6. The second-order valence-electron chi connectivity index (χ2n) is 24.4. The molecule has 8 saturated heterocycles. The SMILES string of the molecule is C.C.C1CCNC1.C1CCNCC1.Clc1ccc(Br)cc1.Clc1ccc(N2CCNCC2)cc1.O=C(CCl)N1CCN(c2ccc(Cl)cc2)CC1.O=C(CN1CCCC1)N1CCN(c2ccc(Cl)cc2)CC1.O=C(CN1CCCCC1)N1CCN(c2ccc(F)cc2)CC1.O=C(Cl)CCl. The number of amides is 3. The molecule has 0 bridgehead atoms. The molecule has 25 heteroatoms. The lowest BCUT2D eigenvalue weighted by Gasteiger charge is -2.37. The molecular formula is C74H107BrCl7FN12O4. The fourth-order valence-electron chi connectivity index (χ4n) is 11.8. The Morgan fingerprint density at radius 3 is 0.889 bits per heavy atom. The van der Waals surface area contributed by atoms with E-state index in [-0.39, 0.29) is 50.2 Å². The zero-order valence-corrected chi connectivity index (χ0v) is 62.9. The molecule has 8 aliphatic heterocycles. The summed E-state index contributed by atoms with van der Waals surface area (Å²) in [4.78, 5) is 65.0. The van der Waals surface area contributed by atoms with Gasteiger partial charge in [0.1, 0.15) is 11.7 Å². The number of carbonyl (C=O) groups excluding carboxylic acids is 4. The molecule has 0 radical (unpaired) electrons. The van der Waals surface area contributed by atoms with Crippen molar-refractivity contribution in [2.45, 2.75) is 79.1 Å². The van der Waals surface area contributed by atoms with Crippen molar-refractivity contribution in [3.05, 3.63) is 152 Å². The summed E-state index contributed by atoms with van der Waals surface area (Å²) in [5.41, 5.74) is 4.63. The van der Waals surface area contributed by atoms with Crippen molar-refractivity contribution in [2.75, 3.05) is 202 Å². The van der Waals surface area contributed by atoms with E-state index in [4.69, 9.17) is 81.2 Å². The highest BCUT2D eigenvalue weighted by molar-refractivity contribution is 9.10. The Balaban J connectivity index is 0.000000252. The Kier molecular flexibility index (Phi) is 44.7. The topological polar surface area (TPSA) is 134 Å². The third-order valence-electron chi connectivity index (χ3n) is 17.3. The number of hydrogen-bond donors (Lipinski definition) is 3. The molecule has 0 unspecified atom stereocenters. The van der Waals surface area contributed by atoms with Crippen molar-refractivity contribution in [1.29, 1.82) is 0 Å². The van der Waals surface area contributed by atoms with Crippen LogP contribution in [0.25, 0.3) is 0 Å². The van der Waals surface area contributed by atoms with E-state index in [0.29, 0.717) is 13.1 Å². The van der Waals surface area contributed by atoms with Crippen LogP contribution in [0.2, 0.25) is 20.1 Å². The maximum atomic E-state index is 13.0. The van der Waals surface area contributed by atoms with Crippen LogP contribution in [0.15, 0.2) is 126 Å². The first-order valence-corrected chi connectivity index (χ1v) is 38.0. The molecule has 550 valence electrons. The van der Waals surface area contributed by atoms with Gasteiger partial charge in [0.15, 0.2) is 0 Å². The van der Waals surface area contributed by atoms with Crippen LogP contribution >= 0.6 is 97.1 Å². The highest BCUT2D eigenvalue weighted by Crippen LogP contribution is 2.24. The Hall–Kier alpha value is -4.38. The van der Waals surface area contributed by atoms with Crippen LogP contribution in [0, 0.1) is 5.82 Å². The molecular weight excluding hydrogens is 1470 g/mol. The van der Waals surface area contributed by atoms with E-state index in [2.05, 4.69) is 73.4 Å². The number of piperidine rings is 2. The van der Waals surface area contributed by atoms with Gasteiger partial charge in [0.25, 0.3) is 0 Å². The molecule has 0 atom stereocenters. The molecule has 3 amide bonds. The molecule has 0 spiro atoms. The van der Waals surface area contributed by atoms with Crippen molar-refractivity contribution in [3.8, 4) is 0 Å². The largest absolute Gasteiger partial charge is 0.369 e. The van der Waals surface area contributed by atoms with Crippen LogP contribution in [-0.4, -0.2) is 229 Å². The smallest absolute Gasteiger partial charge is 0.237 e. The van der Waals surface area contributed by atoms with Crippen LogP contribution in [0.5, 0.6) is 0 Å². The summed E-state index contributed by atoms with van der Waals surface area (Å²) in [5.74, 6) is 0.317. The molecule has 5 aromatic rings. The lowest BCUT2D eigenvalue weighted by molar-refractivity contribution is -0.133. The first kappa shape index (κ1) is 87.0. The van der Waals surface area contributed by atoms with Gasteiger partial charge in [-0.05, 0) is 237 Å². The Labute approximate surface area is 634 Å².